The molecule has 1 aliphatic heterocycles. The van der Waals surface area contributed by atoms with Gasteiger partial charge in [0.25, 0.3) is 5.91 Å². The molecule has 1 fully saturated rings. The number of rotatable bonds is 4. The van der Waals surface area contributed by atoms with E-state index in [1.54, 1.807) is 4.90 Å². The van der Waals surface area contributed by atoms with Crippen LogP contribution in [0.5, 0.6) is 5.75 Å². The molecule has 0 unspecified atom stereocenters. The molecule has 5 nitrogen and oxygen atoms in total. The highest BCUT2D eigenvalue weighted by Gasteiger charge is 2.18. The fourth-order valence-corrected chi connectivity index (χ4v) is 2.35. The monoisotopic (exact) mass is 295 g/mol. The first kappa shape index (κ1) is 15.3. The number of likely N-dealkylation sites (tertiary alicyclic amines) is 1. The van der Waals surface area contributed by atoms with E-state index in [9.17, 15) is 14.0 Å². The van der Waals surface area contributed by atoms with E-state index in [-0.39, 0.29) is 23.8 Å². The first-order chi connectivity index (χ1) is 10.1. The van der Waals surface area contributed by atoms with Gasteiger partial charge in [-0.1, -0.05) is 12.8 Å². The molecule has 0 spiro atoms. The number of amides is 1. The minimum absolute atomic E-state index is 0.00655. The lowest BCUT2D eigenvalue weighted by atomic mass is 10.2. The smallest absolute Gasteiger partial charge is 0.339 e. The van der Waals surface area contributed by atoms with Crippen LogP contribution in [0.4, 0.5) is 4.39 Å². The van der Waals surface area contributed by atoms with Gasteiger partial charge in [0, 0.05) is 13.1 Å². The van der Waals surface area contributed by atoms with Gasteiger partial charge >= 0.3 is 5.97 Å². The van der Waals surface area contributed by atoms with Gasteiger partial charge < -0.3 is 14.7 Å². The summed E-state index contributed by atoms with van der Waals surface area (Å²) in [5, 5.41) is 9.00. The van der Waals surface area contributed by atoms with E-state index in [0.717, 1.165) is 37.8 Å². The Kier molecular flexibility index (Phi) is 5.14. The summed E-state index contributed by atoms with van der Waals surface area (Å²) in [6.45, 7) is 1.18. The summed E-state index contributed by atoms with van der Waals surface area (Å²) in [6.07, 6.45) is 4.18. The first-order valence-corrected chi connectivity index (χ1v) is 7.01. The Balaban J connectivity index is 1.99. The molecule has 0 atom stereocenters. The molecule has 0 saturated carbocycles. The highest BCUT2D eigenvalue weighted by atomic mass is 19.1. The average Bonchev–Trinajstić information content (AvgIpc) is 2.74. The van der Waals surface area contributed by atoms with E-state index in [1.807, 2.05) is 0 Å². The third-order valence-electron chi connectivity index (χ3n) is 3.48. The minimum atomic E-state index is -1.29. The number of halogens is 1. The molecule has 2 rings (SSSR count). The van der Waals surface area contributed by atoms with Crippen LogP contribution in [0, 0.1) is 5.82 Å². The molecule has 1 heterocycles. The fraction of sp³-hybridized carbons (Fsp3) is 0.467. The van der Waals surface area contributed by atoms with Crippen molar-refractivity contribution in [2.45, 2.75) is 25.7 Å². The quantitative estimate of drug-likeness (QED) is 0.925. The number of carboxylic acid groups (broad SMARTS) is 1. The van der Waals surface area contributed by atoms with E-state index in [4.69, 9.17) is 9.84 Å². The Morgan fingerprint density at radius 2 is 1.86 bits per heavy atom. The second-order valence-corrected chi connectivity index (χ2v) is 5.03. The SMILES string of the molecule is O=C(O)c1cc(F)ccc1OCC(=O)N1CCCCCC1. The summed E-state index contributed by atoms with van der Waals surface area (Å²) < 4.78 is 18.3. The summed E-state index contributed by atoms with van der Waals surface area (Å²) >= 11 is 0. The van der Waals surface area contributed by atoms with E-state index in [0.29, 0.717) is 13.1 Å². The van der Waals surface area contributed by atoms with Crippen LogP contribution in [-0.2, 0) is 4.79 Å². The van der Waals surface area contributed by atoms with Crippen LogP contribution < -0.4 is 4.74 Å². The molecular formula is C15H18FNO4. The van der Waals surface area contributed by atoms with Gasteiger partial charge in [-0.15, -0.1) is 0 Å². The van der Waals surface area contributed by atoms with Gasteiger partial charge in [-0.3, -0.25) is 4.79 Å². The lowest BCUT2D eigenvalue weighted by Gasteiger charge is -2.20. The van der Waals surface area contributed by atoms with Gasteiger partial charge in [-0.25, -0.2) is 9.18 Å². The third-order valence-corrected chi connectivity index (χ3v) is 3.48. The van der Waals surface area contributed by atoms with Crippen LogP contribution >= 0.6 is 0 Å². The summed E-state index contributed by atoms with van der Waals surface area (Å²) in [4.78, 5) is 24.8. The molecule has 1 saturated heterocycles. The zero-order chi connectivity index (χ0) is 15.2. The van der Waals surface area contributed by atoms with Gasteiger partial charge in [0.1, 0.15) is 17.1 Å². The van der Waals surface area contributed by atoms with E-state index < -0.39 is 11.8 Å². The van der Waals surface area contributed by atoms with Crippen LogP contribution in [0.2, 0.25) is 0 Å². The average molecular weight is 295 g/mol. The molecule has 21 heavy (non-hydrogen) atoms. The number of hydrogen-bond acceptors (Lipinski definition) is 3. The molecule has 1 aromatic carbocycles. The van der Waals surface area contributed by atoms with Crippen molar-refractivity contribution >= 4 is 11.9 Å². The van der Waals surface area contributed by atoms with Crippen LogP contribution in [0.1, 0.15) is 36.0 Å². The first-order valence-electron chi connectivity index (χ1n) is 7.01. The molecule has 1 aliphatic rings. The van der Waals surface area contributed by atoms with Crippen molar-refractivity contribution in [2.24, 2.45) is 0 Å². The van der Waals surface area contributed by atoms with Gasteiger partial charge in [0.2, 0.25) is 0 Å². The highest BCUT2D eigenvalue weighted by Crippen LogP contribution is 2.20. The minimum Gasteiger partial charge on any atom is -0.483 e. The van der Waals surface area contributed by atoms with Gasteiger partial charge in [0.15, 0.2) is 6.61 Å². The summed E-state index contributed by atoms with van der Waals surface area (Å²) in [5.74, 6) is -2.10. The second kappa shape index (κ2) is 7.06. The predicted octanol–water partition coefficient (Wildman–Crippen LogP) is 2.31. The number of aromatic carboxylic acids is 1. The Bertz CT molecular complexity index is 524. The Hall–Kier alpha value is -2.11. The lowest BCUT2D eigenvalue weighted by Crippen LogP contribution is -2.35. The van der Waals surface area contributed by atoms with E-state index >= 15 is 0 Å². The van der Waals surface area contributed by atoms with Gasteiger partial charge in [-0.2, -0.15) is 0 Å². The molecule has 1 amide bonds. The number of carbonyl (C=O) groups excluding carboxylic acids is 1. The van der Waals surface area contributed by atoms with Crippen molar-refractivity contribution in [3.63, 3.8) is 0 Å². The second-order valence-electron chi connectivity index (χ2n) is 5.03. The maximum atomic E-state index is 13.0. The molecule has 0 aliphatic carbocycles. The molecule has 1 N–H and O–H groups in total. The Labute approximate surface area is 122 Å². The fourth-order valence-electron chi connectivity index (χ4n) is 2.35. The van der Waals surface area contributed by atoms with Crippen LogP contribution in [0.25, 0.3) is 0 Å². The lowest BCUT2D eigenvalue weighted by molar-refractivity contribution is -0.133. The largest absolute Gasteiger partial charge is 0.483 e. The van der Waals surface area contributed by atoms with Gasteiger partial charge in [0.05, 0.1) is 0 Å². The molecule has 1 aromatic rings. The number of nitrogens with zero attached hydrogens (tertiary/aromatic N) is 1. The number of hydrogen-bond donors (Lipinski definition) is 1. The summed E-state index contributed by atoms with van der Waals surface area (Å²) in [7, 11) is 0. The van der Waals surface area contributed by atoms with Crippen LogP contribution in [0.15, 0.2) is 18.2 Å². The van der Waals surface area contributed by atoms with Crippen molar-refractivity contribution < 1.29 is 23.8 Å². The molecule has 0 radical (unpaired) electrons. The highest BCUT2D eigenvalue weighted by molar-refractivity contribution is 5.91. The summed E-state index contributed by atoms with van der Waals surface area (Å²) in [6, 6.07) is 3.22. The standard InChI is InChI=1S/C15H18FNO4/c16-11-5-6-13(12(9-11)15(19)20)21-10-14(18)17-7-3-1-2-4-8-17/h5-6,9H,1-4,7-8,10H2,(H,19,20). The number of carbonyl (C=O) groups is 2. The number of benzene rings is 1. The van der Waals surface area contributed by atoms with Crippen molar-refractivity contribution in [1.29, 1.82) is 0 Å². The molecule has 0 bridgehead atoms. The van der Waals surface area contributed by atoms with Crippen molar-refractivity contribution in [1.82, 2.24) is 4.90 Å². The molecular weight excluding hydrogens is 277 g/mol. The zero-order valence-electron chi connectivity index (χ0n) is 11.7. The number of carboxylic acids is 1. The van der Waals surface area contributed by atoms with Crippen molar-refractivity contribution in [2.75, 3.05) is 19.7 Å². The topological polar surface area (TPSA) is 66.8 Å². The van der Waals surface area contributed by atoms with Crippen LogP contribution in [0.3, 0.4) is 0 Å². The normalized spacial score (nSPS) is 15.4. The maximum Gasteiger partial charge on any atom is 0.339 e. The maximum absolute atomic E-state index is 13.0. The number of ether oxygens (including phenoxy) is 1. The third kappa shape index (κ3) is 4.18. The van der Waals surface area contributed by atoms with Crippen molar-refractivity contribution in [3.05, 3.63) is 29.6 Å². The Morgan fingerprint density at radius 3 is 2.48 bits per heavy atom. The molecule has 6 heteroatoms. The van der Waals surface area contributed by atoms with Crippen molar-refractivity contribution in [3.8, 4) is 5.75 Å². The predicted molar refractivity (Wildman–Crippen MR) is 73.9 cm³/mol. The summed E-state index contributed by atoms with van der Waals surface area (Å²) in [5.41, 5.74) is -0.279. The van der Waals surface area contributed by atoms with Gasteiger partial charge in [-0.05, 0) is 31.0 Å². The zero-order valence-corrected chi connectivity index (χ0v) is 11.7. The van der Waals surface area contributed by atoms with Crippen LogP contribution in [-0.4, -0.2) is 41.6 Å². The van der Waals surface area contributed by atoms with E-state index in [1.165, 1.54) is 6.07 Å². The van der Waals surface area contributed by atoms with E-state index in [2.05, 4.69) is 0 Å². The Morgan fingerprint density at radius 1 is 1.19 bits per heavy atom. The molecule has 114 valence electrons. The molecule has 0 aromatic heterocycles.